The molecule has 0 aliphatic carbocycles. The van der Waals surface area contributed by atoms with E-state index in [0.717, 1.165) is 17.3 Å². The second kappa shape index (κ2) is 10.9. The number of aliphatic imine (C=N–C) groups is 1. The molecule has 0 bridgehead atoms. The van der Waals surface area contributed by atoms with Crippen molar-refractivity contribution < 1.29 is 8.78 Å². The fraction of sp³-hybridized carbons (Fsp3) is 0.238. The van der Waals surface area contributed by atoms with Crippen molar-refractivity contribution in [2.75, 3.05) is 13.6 Å². The monoisotopic (exact) mass is 511 g/mol. The van der Waals surface area contributed by atoms with E-state index in [1.54, 1.807) is 17.9 Å². The number of benzene rings is 2. The zero-order valence-electron chi connectivity index (χ0n) is 16.3. The molecule has 29 heavy (non-hydrogen) atoms. The molecule has 0 amide bonds. The van der Waals surface area contributed by atoms with Gasteiger partial charge >= 0.3 is 0 Å². The number of aromatic nitrogens is 2. The Hall–Kier alpha value is -2.49. The van der Waals surface area contributed by atoms with Crippen molar-refractivity contribution in [2.45, 2.75) is 19.4 Å². The summed E-state index contributed by atoms with van der Waals surface area (Å²) in [6.07, 6.45) is 4.06. The summed E-state index contributed by atoms with van der Waals surface area (Å²) in [7, 11) is 1.68. The molecule has 2 aromatic carbocycles. The lowest BCUT2D eigenvalue weighted by Crippen LogP contribution is -2.39. The van der Waals surface area contributed by atoms with Crippen LogP contribution in [0, 0.1) is 11.6 Å². The zero-order chi connectivity index (χ0) is 19.9. The predicted molar refractivity (Wildman–Crippen MR) is 122 cm³/mol. The summed E-state index contributed by atoms with van der Waals surface area (Å²) in [5, 5.41) is 10.7. The highest BCUT2D eigenvalue weighted by Crippen LogP contribution is 2.16. The summed E-state index contributed by atoms with van der Waals surface area (Å²) in [5.74, 6) is -0.495. The Kier molecular flexibility index (Phi) is 8.56. The molecule has 154 valence electrons. The standard InChI is InChI=1S/C21H23F2N5.HI/c1-15(17-5-3-6-19(13-17)28-12-4-10-26-28)27-21(24-2)25-11-9-16-7-8-18(22)14-20(16)23;/h3-8,10,12-15H,9,11H2,1-2H3,(H2,24,25,27);1H. The van der Waals surface area contributed by atoms with Crippen LogP contribution in [0.5, 0.6) is 0 Å². The molecule has 1 atom stereocenters. The molecule has 5 nitrogen and oxygen atoms in total. The first kappa shape index (κ1) is 22.8. The summed E-state index contributed by atoms with van der Waals surface area (Å²) >= 11 is 0. The van der Waals surface area contributed by atoms with Crippen LogP contribution in [-0.2, 0) is 6.42 Å². The van der Waals surface area contributed by atoms with Gasteiger partial charge < -0.3 is 10.6 Å². The van der Waals surface area contributed by atoms with E-state index >= 15 is 0 Å². The molecule has 1 aromatic heterocycles. The molecule has 0 saturated carbocycles. The molecule has 3 aromatic rings. The van der Waals surface area contributed by atoms with Gasteiger partial charge in [-0.2, -0.15) is 5.10 Å². The lowest BCUT2D eigenvalue weighted by Gasteiger charge is -2.19. The quantitative estimate of drug-likeness (QED) is 0.296. The molecule has 8 heteroatoms. The number of guanidine groups is 1. The minimum atomic E-state index is -0.571. The van der Waals surface area contributed by atoms with E-state index < -0.39 is 11.6 Å². The van der Waals surface area contributed by atoms with Gasteiger partial charge in [0.25, 0.3) is 0 Å². The molecule has 0 spiro atoms. The van der Waals surface area contributed by atoms with Crippen molar-refractivity contribution in [2.24, 2.45) is 4.99 Å². The van der Waals surface area contributed by atoms with Crippen molar-refractivity contribution in [1.82, 2.24) is 20.4 Å². The topological polar surface area (TPSA) is 54.2 Å². The van der Waals surface area contributed by atoms with Gasteiger partial charge in [0.1, 0.15) is 11.6 Å². The molecule has 3 rings (SSSR count). The number of nitrogens with one attached hydrogen (secondary N) is 2. The average molecular weight is 511 g/mol. The summed E-state index contributed by atoms with van der Waals surface area (Å²) in [4.78, 5) is 4.22. The Balaban J connectivity index is 0.00000300. The molecular weight excluding hydrogens is 487 g/mol. The molecular formula is C21H24F2IN5. The van der Waals surface area contributed by atoms with Crippen molar-refractivity contribution in [1.29, 1.82) is 0 Å². The average Bonchev–Trinajstić information content (AvgIpc) is 3.23. The van der Waals surface area contributed by atoms with Crippen molar-refractivity contribution >= 4 is 29.9 Å². The van der Waals surface area contributed by atoms with Gasteiger partial charge in [0.2, 0.25) is 0 Å². The fourth-order valence-electron chi connectivity index (χ4n) is 2.88. The highest BCUT2D eigenvalue weighted by Gasteiger charge is 2.10. The van der Waals surface area contributed by atoms with Gasteiger partial charge in [-0.05, 0) is 48.7 Å². The second-order valence-electron chi connectivity index (χ2n) is 6.40. The summed E-state index contributed by atoms with van der Waals surface area (Å²) in [6, 6.07) is 13.6. The number of nitrogens with zero attached hydrogens (tertiary/aromatic N) is 3. The maximum absolute atomic E-state index is 13.7. The maximum atomic E-state index is 13.7. The van der Waals surface area contributed by atoms with E-state index in [1.165, 1.54) is 12.1 Å². The maximum Gasteiger partial charge on any atom is 0.191 e. The molecule has 1 heterocycles. The van der Waals surface area contributed by atoms with Gasteiger partial charge in [-0.25, -0.2) is 13.5 Å². The van der Waals surface area contributed by atoms with E-state index in [2.05, 4.69) is 26.8 Å². The normalized spacial score (nSPS) is 12.2. The van der Waals surface area contributed by atoms with Crippen molar-refractivity contribution in [3.05, 3.63) is 83.7 Å². The van der Waals surface area contributed by atoms with Gasteiger partial charge in [-0.3, -0.25) is 4.99 Å². The van der Waals surface area contributed by atoms with Crippen LogP contribution in [0.3, 0.4) is 0 Å². The van der Waals surface area contributed by atoms with Crippen LogP contribution in [-0.4, -0.2) is 29.3 Å². The number of hydrogen-bond acceptors (Lipinski definition) is 2. The smallest absolute Gasteiger partial charge is 0.191 e. The highest BCUT2D eigenvalue weighted by atomic mass is 127. The summed E-state index contributed by atoms with van der Waals surface area (Å²) in [5.41, 5.74) is 2.52. The largest absolute Gasteiger partial charge is 0.356 e. The first-order valence-corrected chi connectivity index (χ1v) is 9.08. The lowest BCUT2D eigenvalue weighted by molar-refractivity contribution is 0.570. The number of halogens is 3. The van der Waals surface area contributed by atoms with Gasteiger partial charge in [0, 0.05) is 32.1 Å². The zero-order valence-corrected chi connectivity index (χ0v) is 18.6. The fourth-order valence-corrected chi connectivity index (χ4v) is 2.88. The summed E-state index contributed by atoms with van der Waals surface area (Å²) in [6.45, 7) is 2.51. The predicted octanol–water partition coefficient (Wildman–Crippen LogP) is 4.24. The van der Waals surface area contributed by atoms with Crippen LogP contribution in [0.2, 0.25) is 0 Å². The van der Waals surface area contributed by atoms with E-state index in [0.29, 0.717) is 24.5 Å². The summed E-state index contributed by atoms with van der Waals surface area (Å²) < 4.78 is 28.5. The lowest BCUT2D eigenvalue weighted by atomic mass is 10.1. The van der Waals surface area contributed by atoms with Crippen LogP contribution >= 0.6 is 24.0 Å². The first-order chi connectivity index (χ1) is 13.6. The van der Waals surface area contributed by atoms with Crippen LogP contribution in [0.1, 0.15) is 24.1 Å². The van der Waals surface area contributed by atoms with Gasteiger partial charge in [0.15, 0.2) is 5.96 Å². The molecule has 0 saturated heterocycles. The van der Waals surface area contributed by atoms with Crippen molar-refractivity contribution in [3.8, 4) is 5.69 Å². The van der Waals surface area contributed by atoms with Crippen LogP contribution in [0.15, 0.2) is 65.9 Å². The molecule has 0 aliphatic heterocycles. The minimum absolute atomic E-state index is 0. The Morgan fingerprint density at radius 3 is 2.69 bits per heavy atom. The van der Waals surface area contributed by atoms with Gasteiger partial charge in [-0.1, -0.05) is 18.2 Å². The van der Waals surface area contributed by atoms with Crippen LogP contribution in [0.25, 0.3) is 5.69 Å². The Bertz CT molecular complexity index is 944. The second-order valence-corrected chi connectivity index (χ2v) is 6.40. The van der Waals surface area contributed by atoms with Gasteiger partial charge in [0.05, 0.1) is 11.7 Å². The third kappa shape index (κ3) is 6.25. The van der Waals surface area contributed by atoms with E-state index in [1.807, 2.05) is 37.4 Å². The molecule has 1 unspecified atom stereocenters. The highest BCUT2D eigenvalue weighted by molar-refractivity contribution is 14.0. The Labute approximate surface area is 186 Å². The molecule has 0 radical (unpaired) electrons. The Morgan fingerprint density at radius 1 is 1.17 bits per heavy atom. The van der Waals surface area contributed by atoms with Gasteiger partial charge in [-0.15, -0.1) is 24.0 Å². The molecule has 2 N–H and O–H groups in total. The molecule has 0 fully saturated rings. The van der Waals surface area contributed by atoms with E-state index in [-0.39, 0.29) is 30.0 Å². The number of hydrogen-bond donors (Lipinski definition) is 2. The first-order valence-electron chi connectivity index (χ1n) is 9.08. The molecule has 0 aliphatic rings. The number of rotatable bonds is 6. The van der Waals surface area contributed by atoms with Crippen LogP contribution < -0.4 is 10.6 Å². The Morgan fingerprint density at radius 2 is 2.00 bits per heavy atom. The van der Waals surface area contributed by atoms with E-state index in [9.17, 15) is 8.78 Å². The van der Waals surface area contributed by atoms with Crippen LogP contribution in [0.4, 0.5) is 8.78 Å². The van der Waals surface area contributed by atoms with E-state index in [4.69, 9.17) is 0 Å². The van der Waals surface area contributed by atoms with Crippen molar-refractivity contribution in [3.63, 3.8) is 0 Å². The third-order valence-corrected chi connectivity index (χ3v) is 4.42. The minimum Gasteiger partial charge on any atom is -0.356 e. The SMILES string of the molecule is CN=C(NCCc1ccc(F)cc1F)NC(C)c1cccc(-n2cccn2)c1.I. The third-order valence-electron chi connectivity index (χ3n) is 4.42.